The van der Waals surface area contributed by atoms with Gasteiger partial charge in [0.25, 0.3) is 0 Å². The molecule has 0 fully saturated rings. The predicted octanol–water partition coefficient (Wildman–Crippen LogP) is 2.84. The number of aliphatic hydroxyl groups is 1. The van der Waals surface area contributed by atoms with Gasteiger partial charge in [0, 0.05) is 12.5 Å². The fourth-order valence-corrected chi connectivity index (χ4v) is 4.09. The van der Waals surface area contributed by atoms with Crippen molar-refractivity contribution in [3.05, 3.63) is 53.1 Å². The fourth-order valence-electron chi connectivity index (χ4n) is 4.09. The van der Waals surface area contributed by atoms with E-state index < -0.39 is 12.1 Å². The van der Waals surface area contributed by atoms with Crippen LogP contribution < -0.4 is 10.1 Å². The van der Waals surface area contributed by atoms with E-state index in [9.17, 15) is 20.1 Å². The lowest BCUT2D eigenvalue weighted by molar-refractivity contribution is -0.121. The third-order valence-corrected chi connectivity index (χ3v) is 5.50. The molecule has 2 aromatic rings. The molecule has 1 amide bonds. The molecule has 0 spiro atoms. The van der Waals surface area contributed by atoms with Crippen molar-refractivity contribution in [2.75, 3.05) is 7.11 Å². The Morgan fingerprint density at radius 1 is 1.25 bits per heavy atom. The van der Waals surface area contributed by atoms with Crippen LogP contribution in [-0.2, 0) is 17.6 Å². The van der Waals surface area contributed by atoms with E-state index >= 15 is 0 Å². The normalized spacial score (nSPS) is 18.5. The zero-order valence-corrected chi connectivity index (χ0v) is 16.2. The van der Waals surface area contributed by atoms with E-state index in [1.165, 1.54) is 13.0 Å². The fraction of sp³-hybridized carbons (Fsp3) is 0.409. The lowest BCUT2D eigenvalue weighted by Gasteiger charge is -2.31. The molecule has 1 aliphatic rings. The van der Waals surface area contributed by atoms with Gasteiger partial charge < -0.3 is 25.4 Å². The highest BCUT2D eigenvalue weighted by Crippen LogP contribution is 2.38. The van der Waals surface area contributed by atoms with Crippen molar-refractivity contribution in [3.8, 4) is 17.2 Å². The van der Waals surface area contributed by atoms with E-state index in [0.29, 0.717) is 24.2 Å². The average Bonchev–Trinajstić information content (AvgIpc) is 2.91. The van der Waals surface area contributed by atoms with E-state index in [4.69, 9.17) is 4.74 Å². The highest BCUT2D eigenvalue weighted by molar-refractivity contribution is 5.73. The summed E-state index contributed by atoms with van der Waals surface area (Å²) in [5.41, 5.74) is 2.36. The summed E-state index contributed by atoms with van der Waals surface area (Å²) < 4.78 is 5.25. The number of amides is 1. The number of rotatable bonds is 5. The number of aromatic hydroxyl groups is 2. The Kier molecular flexibility index (Phi) is 6.09. The van der Waals surface area contributed by atoms with Gasteiger partial charge in [-0.15, -0.1) is 0 Å². The molecule has 0 bridgehead atoms. The minimum Gasteiger partial charge on any atom is -0.504 e. The summed E-state index contributed by atoms with van der Waals surface area (Å²) in [5.74, 6) is 0.236. The van der Waals surface area contributed by atoms with Crippen molar-refractivity contribution in [2.45, 2.75) is 44.8 Å². The van der Waals surface area contributed by atoms with Gasteiger partial charge in [0.05, 0.1) is 19.3 Å². The van der Waals surface area contributed by atoms with Crippen LogP contribution in [-0.4, -0.2) is 34.4 Å². The number of nitrogens with one attached hydrogen (secondary N) is 1. The number of ether oxygens (including phenoxy) is 1. The molecule has 0 aromatic heterocycles. The Labute approximate surface area is 164 Å². The summed E-state index contributed by atoms with van der Waals surface area (Å²) in [4.78, 5) is 11.9. The molecule has 0 heterocycles. The van der Waals surface area contributed by atoms with Crippen molar-refractivity contribution in [1.82, 2.24) is 5.32 Å². The van der Waals surface area contributed by atoms with Gasteiger partial charge in [-0.3, -0.25) is 4.79 Å². The number of aliphatic hydroxyl groups excluding tert-OH is 1. The molecule has 0 aliphatic heterocycles. The number of benzene rings is 2. The molecular formula is C22H27NO5. The number of phenolic OH excluding ortho intramolecular Hbond substituents is 2. The van der Waals surface area contributed by atoms with Crippen molar-refractivity contribution in [1.29, 1.82) is 0 Å². The first kappa shape index (κ1) is 20.0. The van der Waals surface area contributed by atoms with Crippen LogP contribution >= 0.6 is 0 Å². The van der Waals surface area contributed by atoms with Gasteiger partial charge in [-0.25, -0.2) is 0 Å². The van der Waals surface area contributed by atoms with Crippen LogP contribution in [0, 0.1) is 5.92 Å². The lowest BCUT2D eigenvalue weighted by atomic mass is 9.84. The molecule has 0 saturated heterocycles. The van der Waals surface area contributed by atoms with Crippen molar-refractivity contribution < 1.29 is 24.9 Å². The zero-order chi connectivity index (χ0) is 20.3. The minimum absolute atomic E-state index is 0.0182. The Balaban J connectivity index is 1.92. The van der Waals surface area contributed by atoms with E-state index in [1.807, 2.05) is 18.2 Å². The third-order valence-electron chi connectivity index (χ3n) is 5.50. The van der Waals surface area contributed by atoms with Crippen molar-refractivity contribution in [2.24, 2.45) is 5.92 Å². The zero-order valence-electron chi connectivity index (χ0n) is 16.2. The molecule has 0 saturated carbocycles. The minimum atomic E-state index is -0.892. The van der Waals surface area contributed by atoms with Gasteiger partial charge in [0.15, 0.2) is 11.5 Å². The first-order valence-electron chi connectivity index (χ1n) is 9.52. The SMILES string of the molecule is COc1cccc(C(O)C(NC(C)=O)C2CCCc3c(ccc(O)c3O)C2)c1. The van der Waals surface area contributed by atoms with Crippen LogP contribution in [0.5, 0.6) is 17.2 Å². The van der Waals surface area contributed by atoms with Gasteiger partial charge >= 0.3 is 0 Å². The van der Waals surface area contributed by atoms with Crippen LogP contribution in [0.2, 0.25) is 0 Å². The predicted molar refractivity (Wildman–Crippen MR) is 105 cm³/mol. The summed E-state index contributed by atoms with van der Waals surface area (Å²) in [5, 5.41) is 34.0. The first-order valence-corrected chi connectivity index (χ1v) is 9.52. The number of fused-ring (bicyclic) bond motifs is 1. The number of carbonyl (C=O) groups excluding carboxylic acids is 1. The first-order chi connectivity index (χ1) is 13.4. The summed E-state index contributed by atoms with van der Waals surface area (Å²) >= 11 is 0. The molecule has 3 atom stereocenters. The molecule has 28 heavy (non-hydrogen) atoms. The topological polar surface area (TPSA) is 99.0 Å². The smallest absolute Gasteiger partial charge is 0.217 e. The number of carbonyl (C=O) groups is 1. The Hall–Kier alpha value is -2.73. The maximum atomic E-state index is 11.9. The summed E-state index contributed by atoms with van der Waals surface area (Å²) in [7, 11) is 1.57. The molecule has 4 N–H and O–H groups in total. The second-order valence-corrected chi connectivity index (χ2v) is 7.38. The van der Waals surface area contributed by atoms with Crippen molar-refractivity contribution >= 4 is 5.91 Å². The van der Waals surface area contributed by atoms with Gasteiger partial charge in [0.2, 0.25) is 5.91 Å². The maximum Gasteiger partial charge on any atom is 0.217 e. The third kappa shape index (κ3) is 4.22. The van der Waals surface area contributed by atoms with E-state index in [2.05, 4.69) is 5.32 Å². The highest BCUT2D eigenvalue weighted by Gasteiger charge is 2.32. The second kappa shape index (κ2) is 8.52. The van der Waals surface area contributed by atoms with Gasteiger partial charge in [-0.2, -0.15) is 0 Å². The highest BCUT2D eigenvalue weighted by atomic mass is 16.5. The number of hydrogen-bond donors (Lipinski definition) is 4. The Morgan fingerprint density at radius 2 is 2.04 bits per heavy atom. The van der Waals surface area contributed by atoms with Crippen LogP contribution in [0.25, 0.3) is 0 Å². The van der Waals surface area contributed by atoms with Crippen LogP contribution in [0.4, 0.5) is 0 Å². The Morgan fingerprint density at radius 3 is 2.75 bits per heavy atom. The molecule has 150 valence electrons. The Bertz CT molecular complexity index is 851. The molecule has 2 aromatic carbocycles. The molecule has 0 radical (unpaired) electrons. The maximum absolute atomic E-state index is 11.9. The van der Waals surface area contributed by atoms with E-state index in [1.54, 1.807) is 19.2 Å². The van der Waals surface area contributed by atoms with Crippen LogP contribution in [0.1, 0.15) is 42.6 Å². The molecular weight excluding hydrogens is 358 g/mol. The van der Waals surface area contributed by atoms with Crippen LogP contribution in [0.15, 0.2) is 36.4 Å². The molecule has 6 nitrogen and oxygen atoms in total. The summed E-state index contributed by atoms with van der Waals surface area (Å²) in [6.07, 6.45) is 1.91. The largest absolute Gasteiger partial charge is 0.504 e. The standard InChI is InChI=1S/C22H27NO5/c1-13(24)23-20(21(26)16-6-3-7-17(12-16)28-2)15-5-4-8-18-14(11-15)9-10-19(25)22(18)27/h3,6-7,9-10,12,15,20-21,25-27H,4-5,8,11H2,1-2H3,(H,23,24). The average molecular weight is 385 g/mol. The van der Waals surface area contributed by atoms with Gasteiger partial charge in [-0.1, -0.05) is 18.2 Å². The summed E-state index contributed by atoms with van der Waals surface area (Å²) in [6, 6.07) is 10.0. The lowest BCUT2D eigenvalue weighted by Crippen LogP contribution is -2.44. The summed E-state index contributed by atoms with van der Waals surface area (Å²) in [6.45, 7) is 1.44. The molecule has 6 heteroatoms. The molecule has 3 unspecified atom stereocenters. The number of phenols is 2. The molecule has 3 rings (SSSR count). The van der Waals surface area contributed by atoms with Crippen molar-refractivity contribution in [3.63, 3.8) is 0 Å². The monoisotopic (exact) mass is 385 g/mol. The van der Waals surface area contributed by atoms with Crippen LogP contribution in [0.3, 0.4) is 0 Å². The van der Waals surface area contributed by atoms with Gasteiger partial charge in [0.1, 0.15) is 5.75 Å². The quantitative estimate of drug-likeness (QED) is 0.469. The second-order valence-electron chi connectivity index (χ2n) is 7.38. The number of hydrogen-bond acceptors (Lipinski definition) is 5. The van der Waals surface area contributed by atoms with E-state index in [-0.39, 0.29) is 23.3 Å². The van der Waals surface area contributed by atoms with Gasteiger partial charge in [-0.05, 0) is 60.9 Å². The number of methoxy groups -OCH3 is 1. The van der Waals surface area contributed by atoms with E-state index in [0.717, 1.165) is 24.0 Å². The molecule has 1 aliphatic carbocycles.